The lowest BCUT2D eigenvalue weighted by molar-refractivity contribution is -0.307. The Bertz CT molecular complexity index is 615. The van der Waals surface area contributed by atoms with Crippen molar-refractivity contribution in [2.45, 2.75) is 112 Å². The Labute approximate surface area is 188 Å². The molecule has 0 aromatic rings. The molecule has 32 heavy (non-hydrogen) atoms. The summed E-state index contributed by atoms with van der Waals surface area (Å²) in [6.07, 6.45) is -4.58. The van der Waals surface area contributed by atoms with E-state index >= 15 is 0 Å². The smallest absolute Gasteiger partial charge is 0.185 e. The van der Waals surface area contributed by atoms with Crippen molar-refractivity contribution in [3.63, 3.8) is 0 Å². The minimum atomic E-state index is -1.29. The van der Waals surface area contributed by atoms with E-state index in [1.807, 2.05) is 6.92 Å². The van der Waals surface area contributed by atoms with Crippen molar-refractivity contribution in [3.05, 3.63) is 0 Å². The summed E-state index contributed by atoms with van der Waals surface area (Å²) in [5.41, 5.74) is 23.3. The SMILES string of the molecule is CN[C@@H]1[C@@H](O)[C@@H](O[C@@H]2[C@@H](O)[C@H](O[C@H]3O[C@H](C(C)N)CC[C@H]3N)[C@@H](N)C[C@H]2N)OC[C@]1(C)O. The van der Waals surface area contributed by atoms with Crippen LogP contribution in [0.4, 0.5) is 0 Å². The number of hydrogen-bond acceptors (Lipinski definition) is 12. The molecule has 0 bridgehead atoms. The van der Waals surface area contributed by atoms with Crippen LogP contribution >= 0.6 is 0 Å². The number of ether oxygens (including phenoxy) is 4. The van der Waals surface area contributed by atoms with Crippen molar-refractivity contribution in [3.8, 4) is 0 Å². The molecule has 1 aliphatic carbocycles. The summed E-state index contributed by atoms with van der Waals surface area (Å²) in [6.45, 7) is 3.34. The van der Waals surface area contributed by atoms with Gasteiger partial charge in [-0.2, -0.15) is 0 Å². The Morgan fingerprint density at radius 2 is 1.59 bits per heavy atom. The zero-order valence-corrected chi connectivity index (χ0v) is 19.0. The summed E-state index contributed by atoms with van der Waals surface area (Å²) in [7, 11) is 1.62. The molecule has 2 aliphatic heterocycles. The lowest BCUT2D eigenvalue weighted by Gasteiger charge is -2.48. The summed E-state index contributed by atoms with van der Waals surface area (Å²) in [5, 5.41) is 35.0. The van der Waals surface area contributed by atoms with Gasteiger partial charge >= 0.3 is 0 Å². The summed E-state index contributed by atoms with van der Waals surface area (Å²) in [5.74, 6) is 0. The van der Waals surface area contributed by atoms with Crippen LogP contribution in [0, 0.1) is 0 Å². The lowest BCUT2D eigenvalue weighted by atomic mass is 9.84. The fourth-order valence-corrected chi connectivity index (χ4v) is 4.87. The van der Waals surface area contributed by atoms with E-state index in [2.05, 4.69) is 5.32 Å². The minimum absolute atomic E-state index is 0.0683. The minimum Gasteiger partial charge on any atom is -0.388 e. The highest BCUT2D eigenvalue weighted by atomic mass is 16.7. The molecule has 1 saturated carbocycles. The third kappa shape index (κ3) is 5.43. The predicted molar refractivity (Wildman–Crippen MR) is 115 cm³/mol. The third-order valence-electron chi connectivity index (χ3n) is 6.81. The van der Waals surface area contributed by atoms with Gasteiger partial charge in [-0.25, -0.2) is 0 Å². The number of nitrogens with two attached hydrogens (primary N) is 4. The maximum absolute atomic E-state index is 11.1. The zero-order valence-electron chi connectivity index (χ0n) is 19.0. The molecule has 3 rings (SSSR count). The second-order valence-corrected chi connectivity index (χ2v) is 9.69. The predicted octanol–water partition coefficient (Wildman–Crippen LogP) is -3.59. The first kappa shape index (κ1) is 26.1. The largest absolute Gasteiger partial charge is 0.388 e. The Morgan fingerprint density at radius 3 is 2.16 bits per heavy atom. The molecule has 0 radical (unpaired) electrons. The Morgan fingerprint density at radius 1 is 1.00 bits per heavy atom. The van der Waals surface area contributed by atoms with Crippen molar-refractivity contribution in [2.75, 3.05) is 13.7 Å². The molecule has 13 atom stereocenters. The molecule has 12 nitrogen and oxygen atoms in total. The number of aliphatic hydroxyl groups is 3. The fourth-order valence-electron chi connectivity index (χ4n) is 4.87. The number of nitrogens with one attached hydrogen (secondary N) is 1. The van der Waals surface area contributed by atoms with Gasteiger partial charge in [0.2, 0.25) is 0 Å². The molecule has 2 saturated heterocycles. The van der Waals surface area contributed by atoms with Crippen molar-refractivity contribution >= 4 is 0 Å². The van der Waals surface area contributed by atoms with Crippen LogP contribution in [0.3, 0.4) is 0 Å². The number of rotatable bonds is 6. The van der Waals surface area contributed by atoms with Crippen molar-refractivity contribution < 1.29 is 34.3 Å². The average Bonchev–Trinajstić information content (AvgIpc) is 2.71. The Hall–Kier alpha value is -0.480. The van der Waals surface area contributed by atoms with Crippen LogP contribution in [0.2, 0.25) is 0 Å². The molecule has 0 aromatic carbocycles. The second-order valence-electron chi connectivity index (χ2n) is 9.69. The van der Waals surface area contributed by atoms with Gasteiger partial charge in [-0.15, -0.1) is 0 Å². The summed E-state index contributed by atoms with van der Waals surface area (Å²) < 4.78 is 23.4. The molecular formula is C20H41N5O7. The van der Waals surface area contributed by atoms with Crippen LogP contribution in [-0.2, 0) is 18.9 Å². The highest BCUT2D eigenvalue weighted by molar-refractivity contribution is 5.02. The van der Waals surface area contributed by atoms with Crippen molar-refractivity contribution in [2.24, 2.45) is 22.9 Å². The Kier molecular flexibility index (Phi) is 8.51. The lowest BCUT2D eigenvalue weighted by Crippen LogP contribution is -2.68. The van der Waals surface area contributed by atoms with Gasteiger partial charge < -0.3 is 62.5 Å². The molecule has 188 valence electrons. The maximum atomic E-state index is 11.1. The molecule has 0 aromatic heterocycles. The van der Waals surface area contributed by atoms with Crippen LogP contribution in [-0.4, -0.2) is 108 Å². The van der Waals surface area contributed by atoms with E-state index < -0.39 is 60.7 Å². The molecule has 0 spiro atoms. The van der Waals surface area contributed by atoms with Gasteiger partial charge in [0.05, 0.1) is 24.8 Å². The molecule has 1 unspecified atom stereocenters. The van der Waals surface area contributed by atoms with Gasteiger partial charge in [-0.1, -0.05) is 0 Å². The summed E-state index contributed by atoms with van der Waals surface area (Å²) in [6, 6.07) is -2.47. The topological polar surface area (TPSA) is 214 Å². The van der Waals surface area contributed by atoms with E-state index in [0.717, 1.165) is 6.42 Å². The van der Waals surface area contributed by atoms with Crippen LogP contribution in [0.25, 0.3) is 0 Å². The molecule has 3 aliphatic rings. The average molecular weight is 464 g/mol. The fraction of sp³-hybridized carbons (Fsp3) is 1.00. The van der Waals surface area contributed by atoms with Gasteiger partial charge in [0.15, 0.2) is 12.6 Å². The van der Waals surface area contributed by atoms with Crippen LogP contribution in [0.1, 0.15) is 33.1 Å². The molecule has 12 N–H and O–H groups in total. The number of hydrogen-bond donors (Lipinski definition) is 8. The highest BCUT2D eigenvalue weighted by Gasteiger charge is 2.50. The van der Waals surface area contributed by atoms with Crippen LogP contribution < -0.4 is 28.3 Å². The Balaban J connectivity index is 1.69. The van der Waals surface area contributed by atoms with E-state index in [0.29, 0.717) is 12.8 Å². The standard InChI is InChI=1S/C20H41N5O7/c1-8(21)12-5-4-9(22)18(30-12)31-15-10(23)6-11(24)16(13(15)26)32-19-14(27)17(25-3)20(2,28)7-29-19/h8-19,25-28H,4-7,21-24H2,1-3H3/t8?,9-,10+,11-,12+,13+,14-,15-,16+,17-,18-,19-,20+/m1/s1. The molecule has 2 heterocycles. The van der Waals surface area contributed by atoms with Gasteiger partial charge in [-0.05, 0) is 40.2 Å². The van der Waals surface area contributed by atoms with E-state index in [-0.39, 0.29) is 24.8 Å². The normalized spacial score (nSPS) is 51.4. The number of likely N-dealkylation sites (N-methyl/N-ethyl adjacent to an activating group) is 1. The first-order valence-electron chi connectivity index (χ1n) is 11.3. The first-order chi connectivity index (χ1) is 15.0. The molecular weight excluding hydrogens is 422 g/mol. The van der Waals surface area contributed by atoms with Crippen LogP contribution in [0.5, 0.6) is 0 Å². The summed E-state index contributed by atoms with van der Waals surface area (Å²) >= 11 is 0. The van der Waals surface area contributed by atoms with Gasteiger partial charge in [0.25, 0.3) is 0 Å². The third-order valence-corrected chi connectivity index (χ3v) is 6.81. The quantitative estimate of drug-likeness (QED) is 0.192. The van der Waals surface area contributed by atoms with Gasteiger partial charge in [0, 0.05) is 18.1 Å². The molecule has 12 heteroatoms. The van der Waals surface area contributed by atoms with E-state index in [4.69, 9.17) is 41.9 Å². The van der Waals surface area contributed by atoms with Crippen molar-refractivity contribution in [1.82, 2.24) is 5.32 Å². The van der Waals surface area contributed by atoms with Crippen molar-refractivity contribution in [1.29, 1.82) is 0 Å². The maximum Gasteiger partial charge on any atom is 0.185 e. The van der Waals surface area contributed by atoms with Gasteiger partial charge in [-0.3, -0.25) is 0 Å². The highest BCUT2D eigenvalue weighted by Crippen LogP contribution is 2.31. The van der Waals surface area contributed by atoms with E-state index in [9.17, 15) is 15.3 Å². The summed E-state index contributed by atoms with van der Waals surface area (Å²) in [4.78, 5) is 0. The molecule has 0 amide bonds. The first-order valence-corrected chi connectivity index (χ1v) is 11.3. The zero-order chi connectivity index (χ0) is 23.8. The second kappa shape index (κ2) is 10.4. The van der Waals surface area contributed by atoms with Gasteiger partial charge in [0.1, 0.15) is 30.0 Å². The monoisotopic (exact) mass is 463 g/mol. The van der Waals surface area contributed by atoms with Crippen LogP contribution in [0.15, 0.2) is 0 Å². The van der Waals surface area contributed by atoms with E-state index in [1.165, 1.54) is 0 Å². The van der Waals surface area contributed by atoms with E-state index in [1.54, 1.807) is 14.0 Å². The molecule has 3 fully saturated rings. The number of aliphatic hydroxyl groups excluding tert-OH is 2.